The van der Waals surface area contributed by atoms with Crippen molar-refractivity contribution < 1.29 is 93.2 Å². The van der Waals surface area contributed by atoms with Crippen LogP contribution in [0.1, 0.15) is 25.5 Å². The second-order valence-corrected chi connectivity index (χ2v) is 4.54. The van der Waals surface area contributed by atoms with E-state index >= 15 is 0 Å². The molecular formula is C12H13Ac2N3O-2. The van der Waals surface area contributed by atoms with Crippen molar-refractivity contribution in [1.29, 1.82) is 0 Å². The first kappa shape index (κ1) is 19.3. The van der Waals surface area contributed by atoms with Crippen LogP contribution in [0, 0.1) is 94.7 Å². The van der Waals surface area contributed by atoms with E-state index in [0.29, 0.717) is 16.9 Å². The van der Waals surface area contributed by atoms with Crippen LogP contribution < -0.4 is 0 Å². The van der Waals surface area contributed by atoms with Crippen molar-refractivity contribution in [3.63, 3.8) is 0 Å². The average Bonchev–Trinajstić information content (AvgIpc) is 2.25. The Labute approximate surface area is 179 Å². The number of aliphatic hydroxyl groups is 1. The Kier molecular flexibility index (Phi) is 7.89. The predicted molar refractivity (Wildman–Crippen MR) is 62.9 cm³/mol. The normalized spacial score (nSPS) is 23.5. The Morgan fingerprint density at radius 1 is 1.39 bits per heavy atom. The van der Waals surface area contributed by atoms with Crippen molar-refractivity contribution in [2.45, 2.75) is 31.5 Å². The SMILES string of the molecule is [Ac].[Ac].[C-]#[N+]c1ccc2c(c1)[C@@H]([NH-])[C@H](O)C(C)(C)[N-]2. The van der Waals surface area contributed by atoms with Gasteiger partial charge in [-0.25, -0.2) is 4.85 Å². The van der Waals surface area contributed by atoms with E-state index < -0.39 is 17.7 Å². The summed E-state index contributed by atoms with van der Waals surface area (Å²) in [5.41, 5.74) is 9.17. The Morgan fingerprint density at radius 3 is 2.56 bits per heavy atom. The topological polar surface area (TPSA) is 62.5 Å². The van der Waals surface area contributed by atoms with Crippen molar-refractivity contribution in [2.24, 2.45) is 0 Å². The molecule has 0 bridgehead atoms. The van der Waals surface area contributed by atoms with Crippen molar-refractivity contribution >= 4 is 11.4 Å². The van der Waals surface area contributed by atoms with Crippen molar-refractivity contribution in [3.05, 3.63) is 46.2 Å². The number of nitrogens with zero attached hydrogens (tertiary/aromatic N) is 2. The molecule has 0 amide bonds. The van der Waals surface area contributed by atoms with E-state index in [1.54, 1.807) is 18.2 Å². The summed E-state index contributed by atoms with van der Waals surface area (Å²) in [5, 5.41) is 14.4. The number of nitrogens with one attached hydrogen (secondary N) is 1. The Bertz CT molecular complexity index is 471. The fraction of sp³-hybridized carbons (Fsp3) is 0.417. The van der Waals surface area contributed by atoms with Crippen LogP contribution in [0.3, 0.4) is 0 Å². The fourth-order valence-electron chi connectivity index (χ4n) is 1.92. The van der Waals surface area contributed by atoms with Crippen LogP contribution in [0.15, 0.2) is 18.2 Å². The van der Waals surface area contributed by atoms with Crippen LogP contribution in [-0.4, -0.2) is 16.7 Å². The summed E-state index contributed by atoms with van der Waals surface area (Å²) < 4.78 is 0. The molecule has 4 nitrogen and oxygen atoms in total. The van der Waals surface area contributed by atoms with Crippen LogP contribution in [0.4, 0.5) is 11.4 Å². The van der Waals surface area contributed by atoms with E-state index in [-0.39, 0.29) is 88.1 Å². The quantitative estimate of drug-likeness (QED) is 0.423. The van der Waals surface area contributed by atoms with Crippen molar-refractivity contribution in [3.8, 4) is 0 Å². The van der Waals surface area contributed by atoms with Crippen molar-refractivity contribution in [2.75, 3.05) is 0 Å². The Hall–Kier alpha value is 1.31. The van der Waals surface area contributed by atoms with Gasteiger partial charge in [0.2, 0.25) is 0 Å². The first-order valence-corrected chi connectivity index (χ1v) is 5.09. The molecule has 0 aromatic heterocycles. The third-order valence-electron chi connectivity index (χ3n) is 2.92. The van der Waals surface area contributed by atoms with Gasteiger partial charge in [0.05, 0.1) is 6.57 Å². The molecule has 0 saturated carbocycles. The molecule has 18 heavy (non-hydrogen) atoms. The maximum atomic E-state index is 9.96. The van der Waals surface area contributed by atoms with E-state index in [1.807, 2.05) is 13.8 Å². The minimum Gasteiger partial charge on any atom is -0.677 e. The summed E-state index contributed by atoms with van der Waals surface area (Å²) in [4.78, 5) is 3.32. The Morgan fingerprint density at radius 2 is 2.00 bits per heavy atom. The van der Waals surface area contributed by atoms with Gasteiger partial charge in [-0.15, -0.1) is 5.69 Å². The molecule has 0 saturated heterocycles. The molecule has 2 atom stereocenters. The fourth-order valence-corrected chi connectivity index (χ4v) is 1.92. The van der Waals surface area contributed by atoms with Gasteiger partial charge < -0.3 is 16.2 Å². The van der Waals surface area contributed by atoms with E-state index in [2.05, 4.69) is 10.2 Å². The smallest absolute Gasteiger partial charge is 0.187 e. The molecule has 0 unspecified atom stereocenters. The number of fused-ring (bicyclic) bond motifs is 1. The molecular weight excluding hydrogens is 656 g/mol. The molecule has 2 radical (unpaired) electrons. The summed E-state index contributed by atoms with van der Waals surface area (Å²) in [6.45, 7) is 10.5. The third-order valence-corrected chi connectivity index (χ3v) is 2.92. The standard InChI is InChI=1S/C12H13N3O.2Ac/c1-12(2)11(16)10(13)8-6-7(14-3)4-5-9(8)15-12;;/h4-6,10-11,13,16H,1-2H3;;/q-2;;/t10-,11+;;/m1../s1. The van der Waals surface area contributed by atoms with Crippen LogP contribution in [0.25, 0.3) is 15.9 Å². The number of aliphatic hydroxyl groups excluding tert-OH is 1. The summed E-state index contributed by atoms with van der Waals surface area (Å²) in [6.07, 6.45) is -0.832. The molecule has 90 valence electrons. The number of hydrogen-bond acceptors (Lipinski definition) is 1. The second kappa shape index (κ2) is 7.36. The van der Waals surface area contributed by atoms with E-state index in [0.717, 1.165) is 0 Å². The van der Waals surface area contributed by atoms with Gasteiger partial charge in [-0.3, -0.25) is 0 Å². The molecule has 0 fully saturated rings. The largest absolute Gasteiger partial charge is 0.677 e. The number of rotatable bonds is 0. The predicted octanol–water partition coefficient (Wildman–Crippen LogP) is 3.49. The first-order valence-electron chi connectivity index (χ1n) is 5.09. The zero-order valence-electron chi connectivity index (χ0n) is 10.4. The molecule has 1 aromatic carbocycles. The second-order valence-electron chi connectivity index (χ2n) is 4.54. The zero-order chi connectivity index (χ0) is 11.9. The maximum absolute atomic E-state index is 9.96. The monoisotopic (exact) mass is 669 g/mol. The van der Waals surface area contributed by atoms with Gasteiger partial charge in [-0.1, -0.05) is 49.2 Å². The molecule has 1 aliphatic rings. The summed E-state index contributed by atoms with van der Waals surface area (Å²) in [6, 6.07) is 4.35. The summed E-state index contributed by atoms with van der Waals surface area (Å²) in [7, 11) is 0. The first-order chi connectivity index (χ1) is 7.45. The van der Waals surface area contributed by atoms with Gasteiger partial charge in [0.1, 0.15) is 0 Å². The van der Waals surface area contributed by atoms with E-state index in [9.17, 15) is 5.11 Å². The number of hydrogen-bond donors (Lipinski definition) is 1. The van der Waals surface area contributed by atoms with Gasteiger partial charge in [0.15, 0.2) is 5.69 Å². The molecule has 1 heterocycles. The van der Waals surface area contributed by atoms with E-state index in [1.165, 1.54) is 0 Å². The molecule has 2 N–H and O–H groups in total. The minimum absolute atomic E-state index is 0. The van der Waals surface area contributed by atoms with Crippen LogP contribution in [0.5, 0.6) is 0 Å². The maximum Gasteiger partial charge on any atom is 0.187 e. The van der Waals surface area contributed by atoms with Gasteiger partial charge in [0.25, 0.3) is 0 Å². The van der Waals surface area contributed by atoms with Crippen molar-refractivity contribution in [1.82, 2.24) is 0 Å². The molecule has 1 aliphatic heterocycles. The van der Waals surface area contributed by atoms with Crippen LogP contribution in [0.2, 0.25) is 0 Å². The summed E-state index contributed by atoms with van der Waals surface area (Å²) in [5.74, 6) is 0. The Balaban J connectivity index is 0.00000144. The van der Waals surface area contributed by atoms with Gasteiger partial charge >= 0.3 is 0 Å². The number of benzene rings is 1. The van der Waals surface area contributed by atoms with Crippen LogP contribution >= 0.6 is 0 Å². The summed E-state index contributed by atoms with van der Waals surface area (Å²) >= 11 is 0. The molecule has 1 aromatic rings. The molecule has 6 heteroatoms. The van der Waals surface area contributed by atoms with Crippen LogP contribution in [-0.2, 0) is 0 Å². The average molecular weight is 669 g/mol. The van der Waals surface area contributed by atoms with Gasteiger partial charge in [0, 0.05) is 94.2 Å². The van der Waals surface area contributed by atoms with E-state index in [4.69, 9.17) is 12.3 Å². The van der Waals surface area contributed by atoms with Gasteiger partial charge in [-0.05, 0) is 0 Å². The molecule has 0 aliphatic carbocycles. The third kappa shape index (κ3) is 3.69. The zero-order valence-corrected chi connectivity index (χ0v) is 19.9. The molecule has 2 rings (SSSR count). The minimum atomic E-state index is -0.832. The molecule has 0 spiro atoms. The van der Waals surface area contributed by atoms with Gasteiger partial charge in [-0.2, -0.15) is 0 Å².